The Labute approximate surface area is 237 Å². The van der Waals surface area contributed by atoms with E-state index in [0.717, 1.165) is 11.1 Å². The molecule has 210 valence electrons. The van der Waals surface area contributed by atoms with Crippen LogP contribution >= 0.6 is 11.8 Å². The van der Waals surface area contributed by atoms with Crippen molar-refractivity contribution in [1.29, 1.82) is 0 Å². The third kappa shape index (κ3) is 9.07. The molecule has 2 N–H and O–H groups in total. The first kappa shape index (κ1) is 31.8. The van der Waals surface area contributed by atoms with Crippen LogP contribution in [0.3, 0.4) is 0 Å². The maximum atomic E-state index is 14.2. The average molecular weight is 552 g/mol. The lowest BCUT2D eigenvalue weighted by Gasteiger charge is -2.37. The van der Waals surface area contributed by atoms with E-state index in [1.54, 1.807) is 56.8 Å². The quantitative estimate of drug-likeness (QED) is 0.362. The second-order valence-electron chi connectivity index (χ2n) is 10.7. The van der Waals surface area contributed by atoms with Crippen LogP contribution in [-0.4, -0.2) is 52.5 Å². The van der Waals surface area contributed by atoms with E-state index in [1.165, 1.54) is 4.90 Å². The highest BCUT2D eigenvalue weighted by molar-refractivity contribution is 7.98. The fraction of sp³-hybridized carbons (Fsp3) is 0.452. The monoisotopic (exact) mass is 551 g/mol. The second-order valence-corrected chi connectivity index (χ2v) is 11.7. The molecule has 0 aliphatic carbocycles. The van der Waals surface area contributed by atoms with Crippen molar-refractivity contribution >= 4 is 35.4 Å². The van der Waals surface area contributed by atoms with Crippen molar-refractivity contribution in [1.82, 2.24) is 10.2 Å². The SMILES string of the molecule is C#Cc1ccc(C(C(=O)Nc2c(C)cccc2C)N(C(=O)C(CCSC)NC(=O)OC(C)(C)C)C(C)C)cc1. The van der Waals surface area contributed by atoms with E-state index in [0.29, 0.717) is 29.0 Å². The zero-order chi connectivity index (χ0) is 29.3. The van der Waals surface area contributed by atoms with Crippen LogP contribution in [0.1, 0.15) is 69.3 Å². The fourth-order valence-corrected chi connectivity index (χ4v) is 4.68. The van der Waals surface area contributed by atoms with Crippen molar-refractivity contribution in [2.24, 2.45) is 0 Å². The number of rotatable bonds is 10. The zero-order valence-electron chi connectivity index (χ0n) is 24.3. The number of thioether (sulfide) groups is 1. The minimum absolute atomic E-state index is 0.358. The molecule has 2 aromatic rings. The van der Waals surface area contributed by atoms with Crippen molar-refractivity contribution in [3.05, 3.63) is 64.7 Å². The number of carbonyl (C=O) groups is 3. The van der Waals surface area contributed by atoms with Gasteiger partial charge in [-0.2, -0.15) is 11.8 Å². The Morgan fingerprint density at radius 1 is 1.05 bits per heavy atom. The molecule has 0 aromatic heterocycles. The van der Waals surface area contributed by atoms with Gasteiger partial charge in [0.2, 0.25) is 5.91 Å². The molecule has 2 aromatic carbocycles. The van der Waals surface area contributed by atoms with Crippen molar-refractivity contribution in [3.8, 4) is 12.3 Å². The minimum atomic E-state index is -0.972. The molecule has 2 atom stereocenters. The summed E-state index contributed by atoms with van der Waals surface area (Å²) in [6.07, 6.45) is 7.19. The van der Waals surface area contributed by atoms with Gasteiger partial charge in [-0.1, -0.05) is 36.3 Å². The molecule has 0 saturated heterocycles. The van der Waals surface area contributed by atoms with Crippen LogP contribution in [0.5, 0.6) is 0 Å². The number of carbonyl (C=O) groups excluding carboxylic acids is 3. The van der Waals surface area contributed by atoms with Crippen LogP contribution in [0.4, 0.5) is 10.5 Å². The molecule has 3 amide bonds. The highest BCUT2D eigenvalue weighted by Gasteiger charge is 2.38. The van der Waals surface area contributed by atoms with Gasteiger partial charge in [0.1, 0.15) is 17.7 Å². The summed E-state index contributed by atoms with van der Waals surface area (Å²) in [4.78, 5) is 42.4. The van der Waals surface area contributed by atoms with E-state index >= 15 is 0 Å². The van der Waals surface area contributed by atoms with E-state index in [4.69, 9.17) is 11.2 Å². The number of amides is 3. The molecule has 0 bridgehead atoms. The second kappa shape index (κ2) is 14.1. The van der Waals surface area contributed by atoms with Gasteiger partial charge in [0.05, 0.1) is 0 Å². The Kier molecular flexibility index (Phi) is 11.5. The average Bonchev–Trinajstić information content (AvgIpc) is 2.85. The lowest BCUT2D eigenvalue weighted by atomic mass is 9.99. The number of benzene rings is 2. The van der Waals surface area contributed by atoms with Gasteiger partial charge in [-0.15, -0.1) is 6.42 Å². The van der Waals surface area contributed by atoms with Crippen LogP contribution < -0.4 is 10.6 Å². The van der Waals surface area contributed by atoms with Crippen LogP contribution in [0.25, 0.3) is 0 Å². The molecule has 0 heterocycles. The molecule has 2 rings (SSSR count). The first-order valence-electron chi connectivity index (χ1n) is 13.0. The zero-order valence-corrected chi connectivity index (χ0v) is 25.1. The van der Waals surface area contributed by atoms with Crippen molar-refractivity contribution in [3.63, 3.8) is 0 Å². The summed E-state index contributed by atoms with van der Waals surface area (Å²) in [6, 6.07) is 10.6. The third-order valence-corrected chi connectivity index (χ3v) is 6.70. The van der Waals surface area contributed by atoms with Crippen molar-refractivity contribution in [2.45, 2.75) is 78.6 Å². The molecule has 0 saturated carbocycles. The van der Waals surface area contributed by atoms with Gasteiger partial charge in [-0.25, -0.2) is 4.79 Å². The van der Waals surface area contributed by atoms with E-state index in [1.807, 2.05) is 52.1 Å². The number of aryl methyl sites for hydroxylation is 2. The molecular formula is C31H41N3O4S. The molecule has 0 aliphatic rings. The Morgan fingerprint density at radius 2 is 1.64 bits per heavy atom. The van der Waals surface area contributed by atoms with Gasteiger partial charge >= 0.3 is 6.09 Å². The standard InChI is InChI=1S/C31H41N3O4S/c1-10-23-14-16-24(17-15-23)27(28(35)33-26-21(4)12-11-13-22(26)5)34(20(2)3)29(36)25(18-19-39-9)32-30(37)38-31(6,7)8/h1,11-17,20,25,27H,18-19H2,2-9H3,(H,32,37)(H,33,35). The number of ether oxygens (including phenoxy) is 1. The summed E-state index contributed by atoms with van der Waals surface area (Å²) >= 11 is 1.57. The molecule has 39 heavy (non-hydrogen) atoms. The van der Waals surface area contributed by atoms with Crippen molar-refractivity contribution < 1.29 is 19.1 Å². The molecule has 0 fully saturated rings. The summed E-state index contributed by atoms with van der Waals surface area (Å²) in [6.45, 7) is 12.8. The highest BCUT2D eigenvalue weighted by atomic mass is 32.2. The largest absolute Gasteiger partial charge is 0.444 e. The first-order chi connectivity index (χ1) is 18.3. The molecule has 2 unspecified atom stereocenters. The van der Waals surface area contributed by atoms with Gasteiger partial charge < -0.3 is 20.3 Å². The summed E-state index contributed by atoms with van der Waals surface area (Å²) in [7, 11) is 0. The van der Waals surface area contributed by atoms with Gasteiger partial charge in [0.15, 0.2) is 0 Å². The number of alkyl carbamates (subject to hydrolysis) is 1. The Balaban J connectivity index is 2.56. The predicted molar refractivity (Wildman–Crippen MR) is 160 cm³/mol. The van der Waals surface area contributed by atoms with E-state index in [9.17, 15) is 14.4 Å². The normalized spacial score (nSPS) is 12.7. The van der Waals surface area contributed by atoms with Crippen LogP contribution in [0.2, 0.25) is 0 Å². The van der Waals surface area contributed by atoms with Gasteiger partial charge in [-0.3, -0.25) is 9.59 Å². The van der Waals surface area contributed by atoms with Crippen molar-refractivity contribution in [2.75, 3.05) is 17.3 Å². The fourth-order valence-electron chi connectivity index (χ4n) is 4.21. The molecular weight excluding hydrogens is 510 g/mol. The lowest BCUT2D eigenvalue weighted by molar-refractivity contribution is -0.143. The van der Waals surface area contributed by atoms with E-state index in [-0.39, 0.29) is 17.9 Å². The van der Waals surface area contributed by atoms with Gasteiger partial charge in [-0.05, 0) is 95.7 Å². The first-order valence-corrected chi connectivity index (χ1v) is 14.4. The highest BCUT2D eigenvalue weighted by Crippen LogP contribution is 2.29. The predicted octanol–water partition coefficient (Wildman–Crippen LogP) is 5.85. The Hall–Kier alpha value is -3.44. The summed E-state index contributed by atoms with van der Waals surface area (Å²) in [5.41, 5.74) is 3.09. The smallest absolute Gasteiger partial charge is 0.408 e. The summed E-state index contributed by atoms with van der Waals surface area (Å²) in [5, 5.41) is 5.81. The molecule has 7 nitrogen and oxygen atoms in total. The topological polar surface area (TPSA) is 87.7 Å². The molecule has 0 radical (unpaired) electrons. The summed E-state index contributed by atoms with van der Waals surface area (Å²) < 4.78 is 5.44. The number of terminal acetylenes is 1. The maximum absolute atomic E-state index is 14.2. The number of nitrogens with one attached hydrogen (secondary N) is 2. The maximum Gasteiger partial charge on any atom is 0.408 e. The van der Waals surface area contributed by atoms with Gasteiger partial charge in [0, 0.05) is 17.3 Å². The summed E-state index contributed by atoms with van der Waals surface area (Å²) in [5.74, 6) is 2.50. The van der Waals surface area contributed by atoms with E-state index < -0.39 is 23.8 Å². The number of anilines is 1. The molecule has 0 spiro atoms. The Morgan fingerprint density at radius 3 is 2.13 bits per heavy atom. The van der Waals surface area contributed by atoms with Gasteiger partial charge in [0.25, 0.3) is 5.91 Å². The van der Waals surface area contributed by atoms with Crippen LogP contribution in [-0.2, 0) is 14.3 Å². The molecule has 0 aliphatic heterocycles. The third-order valence-electron chi connectivity index (χ3n) is 6.06. The number of para-hydroxylation sites is 1. The van der Waals surface area contributed by atoms with Crippen LogP contribution in [0.15, 0.2) is 42.5 Å². The number of hydrogen-bond acceptors (Lipinski definition) is 5. The van der Waals surface area contributed by atoms with Crippen LogP contribution in [0, 0.1) is 26.2 Å². The number of hydrogen-bond donors (Lipinski definition) is 2. The minimum Gasteiger partial charge on any atom is -0.444 e. The Bertz CT molecular complexity index is 1180. The molecule has 8 heteroatoms. The van der Waals surface area contributed by atoms with E-state index in [2.05, 4.69) is 16.6 Å². The number of nitrogens with zero attached hydrogens (tertiary/aromatic N) is 1. The lowest BCUT2D eigenvalue weighted by Crippen LogP contribution is -2.54.